The Balaban J connectivity index is 1.40. The van der Waals surface area contributed by atoms with Gasteiger partial charge in [-0.2, -0.15) is 0 Å². The number of nitrogens with zero attached hydrogens (tertiary/aromatic N) is 3. The molecule has 150 valence electrons. The van der Waals surface area contributed by atoms with Gasteiger partial charge in [0, 0.05) is 65.2 Å². The predicted octanol–water partition coefficient (Wildman–Crippen LogP) is 4.74. The van der Waals surface area contributed by atoms with Gasteiger partial charge in [0.25, 0.3) is 5.56 Å². The Hall–Kier alpha value is -2.76. The second kappa shape index (κ2) is 7.18. The van der Waals surface area contributed by atoms with Crippen LogP contribution < -0.4 is 5.56 Å². The average molecular weight is 414 g/mol. The molecule has 30 heavy (non-hydrogen) atoms. The lowest BCUT2D eigenvalue weighted by Crippen LogP contribution is -2.47. The number of likely N-dealkylation sites (tertiary alicyclic amines) is 1. The molecule has 2 bridgehead atoms. The number of thiophene rings is 1. The van der Waals surface area contributed by atoms with Crippen LogP contribution in [-0.4, -0.2) is 27.5 Å². The quantitative estimate of drug-likeness (QED) is 0.487. The highest BCUT2D eigenvalue weighted by Gasteiger charge is 2.36. The van der Waals surface area contributed by atoms with Crippen LogP contribution in [0.25, 0.3) is 20.5 Å². The van der Waals surface area contributed by atoms with Crippen molar-refractivity contribution in [2.75, 3.05) is 13.1 Å². The van der Waals surface area contributed by atoms with Gasteiger partial charge in [-0.3, -0.25) is 14.7 Å². The van der Waals surface area contributed by atoms with E-state index in [0.717, 1.165) is 31.9 Å². The second-order valence-electron chi connectivity index (χ2n) is 8.54. The van der Waals surface area contributed by atoms with Crippen molar-refractivity contribution in [3.8, 4) is 10.4 Å². The van der Waals surface area contributed by atoms with Crippen LogP contribution in [0.3, 0.4) is 0 Å². The number of piperidine rings is 1. The third-order valence-electron chi connectivity index (χ3n) is 6.47. The molecule has 0 saturated carbocycles. The summed E-state index contributed by atoms with van der Waals surface area (Å²) in [6.07, 6.45) is 3.04. The fourth-order valence-corrected chi connectivity index (χ4v) is 6.38. The van der Waals surface area contributed by atoms with Crippen molar-refractivity contribution in [2.24, 2.45) is 5.92 Å². The van der Waals surface area contributed by atoms with Gasteiger partial charge in [-0.1, -0.05) is 24.3 Å². The van der Waals surface area contributed by atoms with Gasteiger partial charge in [0.15, 0.2) is 0 Å². The third kappa shape index (κ3) is 3.09. The average Bonchev–Trinajstić information content (AvgIpc) is 3.19. The molecule has 2 atom stereocenters. The van der Waals surface area contributed by atoms with E-state index in [2.05, 4.69) is 63.0 Å². The van der Waals surface area contributed by atoms with Crippen LogP contribution in [-0.2, 0) is 13.1 Å². The topological polar surface area (TPSA) is 38.1 Å². The number of rotatable bonds is 3. The van der Waals surface area contributed by atoms with Gasteiger partial charge in [0.2, 0.25) is 0 Å². The Morgan fingerprint density at radius 1 is 1.00 bits per heavy atom. The van der Waals surface area contributed by atoms with E-state index in [9.17, 15) is 4.79 Å². The second-order valence-corrected chi connectivity index (χ2v) is 9.63. The van der Waals surface area contributed by atoms with Crippen LogP contribution in [0.5, 0.6) is 0 Å². The summed E-state index contributed by atoms with van der Waals surface area (Å²) >= 11 is 1.82. The molecule has 3 aromatic heterocycles. The van der Waals surface area contributed by atoms with Crippen molar-refractivity contribution < 1.29 is 0 Å². The van der Waals surface area contributed by atoms with Crippen molar-refractivity contribution in [1.29, 1.82) is 0 Å². The van der Waals surface area contributed by atoms with Crippen LogP contribution in [0.1, 0.15) is 23.7 Å². The molecule has 5 heterocycles. The molecule has 1 saturated heterocycles. The Labute approximate surface area is 179 Å². The van der Waals surface area contributed by atoms with Gasteiger partial charge in [0.05, 0.1) is 5.69 Å². The highest BCUT2D eigenvalue weighted by molar-refractivity contribution is 7.22. The minimum absolute atomic E-state index is 0.141. The molecular weight excluding hydrogens is 390 g/mol. The van der Waals surface area contributed by atoms with E-state index in [0.29, 0.717) is 11.8 Å². The molecule has 0 N–H and O–H groups in total. The number of benzene rings is 1. The number of fused-ring (bicyclic) bond motifs is 5. The molecule has 1 aromatic carbocycles. The first-order valence-electron chi connectivity index (χ1n) is 10.6. The molecule has 5 heteroatoms. The Morgan fingerprint density at radius 3 is 2.77 bits per heavy atom. The molecular formula is C25H23N3OS. The predicted molar refractivity (Wildman–Crippen MR) is 122 cm³/mol. The van der Waals surface area contributed by atoms with Crippen molar-refractivity contribution in [1.82, 2.24) is 14.5 Å². The van der Waals surface area contributed by atoms with Crippen molar-refractivity contribution in [2.45, 2.75) is 25.4 Å². The van der Waals surface area contributed by atoms with E-state index in [4.69, 9.17) is 0 Å². The molecule has 4 aromatic rings. The zero-order valence-electron chi connectivity index (χ0n) is 16.7. The number of pyridine rings is 2. The molecule has 2 aliphatic heterocycles. The third-order valence-corrected chi connectivity index (χ3v) is 7.62. The summed E-state index contributed by atoms with van der Waals surface area (Å²) in [4.78, 5) is 21.1. The van der Waals surface area contributed by atoms with E-state index < -0.39 is 0 Å². The first-order valence-corrected chi connectivity index (χ1v) is 11.4. The maximum atomic E-state index is 12.8. The van der Waals surface area contributed by atoms with Crippen molar-refractivity contribution in [3.63, 3.8) is 0 Å². The molecule has 2 aliphatic rings. The highest BCUT2D eigenvalue weighted by Crippen LogP contribution is 2.42. The Bertz CT molecular complexity index is 1240. The minimum Gasteiger partial charge on any atom is -0.311 e. The minimum atomic E-state index is 0.141. The monoisotopic (exact) mass is 413 g/mol. The van der Waals surface area contributed by atoms with Gasteiger partial charge >= 0.3 is 0 Å². The van der Waals surface area contributed by atoms with Crippen LogP contribution in [0, 0.1) is 5.92 Å². The highest BCUT2D eigenvalue weighted by atomic mass is 32.1. The summed E-state index contributed by atoms with van der Waals surface area (Å²) in [5, 5.41) is 1.27. The summed E-state index contributed by atoms with van der Waals surface area (Å²) in [6, 6.07) is 20.7. The SMILES string of the molecule is O=c1ccc(-c2cc3ccccc3s2)c2n1C[C@H]1C[C@@H]2CN(Cc2ccccn2)C1. The molecule has 0 amide bonds. The summed E-state index contributed by atoms with van der Waals surface area (Å²) in [5.74, 6) is 0.908. The van der Waals surface area contributed by atoms with Gasteiger partial charge in [-0.25, -0.2) is 0 Å². The first kappa shape index (κ1) is 18.0. The van der Waals surface area contributed by atoms with E-state index >= 15 is 0 Å². The van der Waals surface area contributed by atoms with E-state index in [-0.39, 0.29) is 5.56 Å². The zero-order chi connectivity index (χ0) is 20.1. The van der Waals surface area contributed by atoms with Crippen molar-refractivity contribution >= 4 is 21.4 Å². The standard InChI is InChI=1S/C25H23N3OS/c29-24-9-8-21(23-12-18-5-1-2-7-22(18)30-23)25-19-11-17(14-28(24)25)13-27(15-19)16-20-6-3-4-10-26-20/h1-10,12,17,19H,11,13-16H2/t17-,19+/m0/s1. The lowest BCUT2D eigenvalue weighted by molar-refractivity contribution is 0.113. The maximum absolute atomic E-state index is 12.8. The molecule has 0 aliphatic carbocycles. The summed E-state index contributed by atoms with van der Waals surface area (Å²) in [5.41, 5.74) is 3.73. The number of hydrogen-bond donors (Lipinski definition) is 0. The van der Waals surface area contributed by atoms with E-state index in [1.165, 1.54) is 32.6 Å². The van der Waals surface area contributed by atoms with Crippen LogP contribution >= 0.6 is 11.3 Å². The summed E-state index contributed by atoms with van der Waals surface area (Å²) < 4.78 is 3.36. The first-order chi connectivity index (χ1) is 14.7. The van der Waals surface area contributed by atoms with Crippen LogP contribution in [0.15, 0.2) is 71.7 Å². The van der Waals surface area contributed by atoms with Gasteiger partial charge in [-0.05, 0) is 48.1 Å². The van der Waals surface area contributed by atoms with Gasteiger partial charge in [-0.15, -0.1) is 11.3 Å². The molecule has 0 radical (unpaired) electrons. The zero-order valence-corrected chi connectivity index (χ0v) is 17.5. The fraction of sp³-hybridized carbons (Fsp3) is 0.280. The molecule has 0 unspecified atom stereocenters. The lowest BCUT2D eigenvalue weighted by Gasteiger charge is -2.43. The normalized spacial score (nSPS) is 20.9. The summed E-state index contributed by atoms with van der Waals surface area (Å²) in [6.45, 7) is 3.71. The molecule has 6 rings (SSSR count). The Kier molecular flexibility index (Phi) is 4.32. The largest absolute Gasteiger partial charge is 0.311 e. The van der Waals surface area contributed by atoms with Gasteiger partial charge < -0.3 is 4.57 Å². The van der Waals surface area contributed by atoms with Crippen molar-refractivity contribution in [3.05, 3.63) is 88.6 Å². The fourth-order valence-electron chi connectivity index (χ4n) is 5.29. The smallest absolute Gasteiger partial charge is 0.250 e. The van der Waals surface area contributed by atoms with E-state index in [1.54, 1.807) is 6.07 Å². The molecule has 4 nitrogen and oxygen atoms in total. The molecule has 0 spiro atoms. The molecule has 1 fully saturated rings. The number of aromatic nitrogens is 2. The summed E-state index contributed by atoms with van der Waals surface area (Å²) in [7, 11) is 0. The van der Waals surface area contributed by atoms with Crippen LogP contribution in [0.2, 0.25) is 0 Å². The maximum Gasteiger partial charge on any atom is 0.250 e. The van der Waals surface area contributed by atoms with Crippen LogP contribution in [0.4, 0.5) is 0 Å². The van der Waals surface area contributed by atoms with E-state index in [1.807, 2.05) is 23.6 Å². The Morgan fingerprint density at radius 2 is 1.90 bits per heavy atom. The number of hydrogen-bond acceptors (Lipinski definition) is 4. The van der Waals surface area contributed by atoms with Gasteiger partial charge in [0.1, 0.15) is 0 Å². The lowest BCUT2D eigenvalue weighted by atomic mass is 9.81.